The summed E-state index contributed by atoms with van der Waals surface area (Å²) in [5.74, 6) is 0.0127. The van der Waals surface area contributed by atoms with Gasteiger partial charge in [0.15, 0.2) is 0 Å². The fourth-order valence-corrected chi connectivity index (χ4v) is 1.67. The number of hydrogen-bond acceptors (Lipinski definition) is 2. The second kappa shape index (κ2) is 5.08. The number of benzene rings is 1. The van der Waals surface area contributed by atoms with Crippen LogP contribution in [0.3, 0.4) is 0 Å². The van der Waals surface area contributed by atoms with Crippen molar-refractivity contribution in [1.29, 1.82) is 0 Å². The van der Waals surface area contributed by atoms with E-state index in [9.17, 15) is 4.79 Å². The van der Waals surface area contributed by atoms with Gasteiger partial charge < -0.3 is 10.2 Å². The van der Waals surface area contributed by atoms with E-state index in [1.54, 1.807) is 0 Å². The molecule has 0 spiro atoms. The van der Waals surface area contributed by atoms with Crippen molar-refractivity contribution in [1.82, 2.24) is 0 Å². The minimum atomic E-state index is -0.397. The van der Waals surface area contributed by atoms with Gasteiger partial charge in [0.2, 0.25) is 5.91 Å². The molecule has 0 saturated carbocycles. The average molecular weight is 299 g/mol. The van der Waals surface area contributed by atoms with E-state index < -0.39 is 5.41 Å². The van der Waals surface area contributed by atoms with E-state index in [4.69, 9.17) is 0 Å². The van der Waals surface area contributed by atoms with E-state index in [-0.39, 0.29) is 5.91 Å². The maximum Gasteiger partial charge on any atom is 0.229 e. The molecule has 17 heavy (non-hydrogen) atoms. The maximum absolute atomic E-state index is 12.0. The summed E-state index contributed by atoms with van der Waals surface area (Å²) < 4.78 is 0.951. The van der Waals surface area contributed by atoms with Crippen molar-refractivity contribution in [3.05, 3.63) is 22.7 Å². The van der Waals surface area contributed by atoms with E-state index >= 15 is 0 Å². The highest BCUT2D eigenvalue weighted by atomic mass is 79.9. The van der Waals surface area contributed by atoms with Crippen LogP contribution in [-0.4, -0.2) is 20.0 Å². The fraction of sp³-hybridized carbons (Fsp3) is 0.462. The Morgan fingerprint density at radius 3 is 2.35 bits per heavy atom. The lowest BCUT2D eigenvalue weighted by molar-refractivity contribution is -0.123. The van der Waals surface area contributed by atoms with Crippen LogP contribution in [0.15, 0.2) is 22.7 Å². The molecule has 1 N–H and O–H groups in total. The molecule has 3 nitrogen and oxygen atoms in total. The summed E-state index contributed by atoms with van der Waals surface area (Å²) in [6.45, 7) is 5.70. The van der Waals surface area contributed by atoms with Gasteiger partial charge in [-0.1, -0.05) is 36.7 Å². The number of hydrogen-bond donors (Lipinski definition) is 1. The fourth-order valence-electron chi connectivity index (χ4n) is 1.31. The third-order valence-corrected chi connectivity index (χ3v) is 2.86. The van der Waals surface area contributed by atoms with Gasteiger partial charge in [-0.05, 0) is 18.2 Å². The van der Waals surface area contributed by atoms with Crippen LogP contribution in [-0.2, 0) is 4.79 Å². The van der Waals surface area contributed by atoms with Crippen LogP contribution in [0.1, 0.15) is 20.8 Å². The molecule has 1 rings (SSSR count). The van der Waals surface area contributed by atoms with Crippen molar-refractivity contribution in [2.75, 3.05) is 24.3 Å². The number of amides is 1. The highest BCUT2D eigenvalue weighted by Gasteiger charge is 2.22. The number of nitrogens with one attached hydrogen (secondary N) is 1. The highest BCUT2D eigenvalue weighted by molar-refractivity contribution is 9.10. The van der Waals surface area contributed by atoms with Gasteiger partial charge in [0.25, 0.3) is 0 Å². The van der Waals surface area contributed by atoms with Crippen LogP contribution in [0, 0.1) is 5.41 Å². The zero-order valence-corrected chi connectivity index (χ0v) is 12.6. The molecule has 4 heteroatoms. The molecule has 0 bridgehead atoms. The molecular weight excluding hydrogens is 280 g/mol. The van der Waals surface area contributed by atoms with Crippen molar-refractivity contribution in [2.24, 2.45) is 5.41 Å². The minimum Gasteiger partial charge on any atom is -0.376 e. The summed E-state index contributed by atoms with van der Waals surface area (Å²) in [6.07, 6.45) is 0. The Morgan fingerprint density at radius 1 is 1.29 bits per heavy atom. The molecule has 94 valence electrons. The van der Waals surface area contributed by atoms with Gasteiger partial charge >= 0.3 is 0 Å². The molecule has 1 aromatic carbocycles. The van der Waals surface area contributed by atoms with E-state index in [2.05, 4.69) is 21.2 Å². The molecule has 0 atom stereocenters. The number of anilines is 2. The van der Waals surface area contributed by atoms with Crippen LogP contribution in [0.5, 0.6) is 0 Å². The van der Waals surface area contributed by atoms with Gasteiger partial charge in [0.05, 0.1) is 11.4 Å². The first kappa shape index (κ1) is 14.0. The lowest BCUT2D eigenvalue weighted by Crippen LogP contribution is -2.28. The van der Waals surface area contributed by atoms with Crippen molar-refractivity contribution >= 4 is 33.2 Å². The molecule has 1 amide bonds. The van der Waals surface area contributed by atoms with Crippen molar-refractivity contribution in [2.45, 2.75) is 20.8 Å². The average Bonchev–Trinajstić information content (AvgIpc) is 2.15. The predicted octanol–water partition coefficient (Wildman–Crippen LogP) is 3.50. The monoisotopic (exact) mass is 298 g/mol. The number of carbonyl (C=O) groups excluding carboxylic acids is 1. The van der Waals surface area contributed by atoms with Gasteiger partial charge in [0, 0.05) is 24.0 Å². The summed E-state index contributed by atoms with van der Waals surface area (Å²) in [4.78, 5) is 14.0. The van der Waals surface area contributed by atoms with E-state index in [1.165, 1.54) is 0 Å². The quantitative estimate of drug-likeness (QED) is 0.906. The lowest BCUT2D eigenvalue weighted by Gasteiger charge is -2.22. The molecule has 0 aliphatic rings. The molecular formula is C13H19BrN2O. The van der Waals surface area contributed by atoms with Crippen LogP contribution in [0.25, 0.3) is 0 Å². The highest BCUT2D eigenvalue weighted by Crippen LogP contribution is 2.29. The Bertz CT molecular complexity index is 422. The number of carbonyl (C=O) groups is 1. The van der Waals surface area contributed by atoms with Gasteiger partial charge in [-0.15, -0.1) is 0 Å². The SMILES string of the molecule is CN(C)c1ccc(Br)cc1NC(=O)C(C)(C)C. The zero-order valence-electron chi connectivity index (χ0n) is 11.0. The molecule has 0 aromatic heterocycles. The topological polar surface area (TPSA) is 32.3 Å². The normalized spacial score (nSPS) is 11.2. The summed E-state index contributed by atoms with van der Waals surface area (Å²) >= 11 is 3.42. The van der Waals surface area contributed by atoms with Gasteiger partial charge in [-0.2, -0.15) is 0 Å². The number of halogens is 1. The predicted molar refractivity (Wildman–Crippen MR) is 76.6 cm³/mol. The summed E-state index contributed by atoms with van der Waals surface area (Å²) in [5, 5.41) is 2.96. The lowest BCUT2D eigenvalue weighted by atomic mass is 9.95. The molecule has 0 fully saturated rings. The molecule has 0 aliphatic carbocycles. The second-order valence-corrected chi connectivity index (χ2v) is 6.18. The van der Waals surface area contributed by atoms with Gasteiger partial charge in [-0.3, -0.25) is 4.79 Å². The standard InChI is InChI=1S/C13H19BrN2O/c1-13(2,3)12(17)15-10-8-9(14)6-7-11(10)16(4)5/h6-8H,1-5H3,(H,15,17). The smallest absolute Gasteiger partial charge is 0.229 e. The third-order valence-electron chi connectivity index (χ3n) is 2.37. The van der Waals surface area contributed by atoms with Crippen molar-refractivity contribution in [3.63, 3.8) is 0 Å². The Balaban J connectivity index is 3.05. The zero-order chi connectivity index (χ0) is 13.2. The molecule has 0 unspecified atom stereocenters. The van der Waals surface area contributed by atoms with Crippen LogP contribution >= 0.6 is 15.9 Å². The van der Waals surface area contributed by atoms with Crippen molar-refractivity contribution in [3.8, 4) is 0 Å². The molecule has 0 saturated heterocycles. The minimum absolute atomic E-state index is 0.0127. The summed E-state index contributed by atoms with van der Waals surface area (Å²) in [7, 11) is 3.91. The van der Waals surface area contributed by atoms with Crippen LogP contribution in [0.2, 0.25) is 0 Å². The van der Waals surface area contributed by atoms with Gasteiger partial charge in [0.1, 0.15) is 0 Å². The number of rotatable bonds is 2. The first-order chi connectivity index (χ1) is 7.71. The Morgan fingerprint density at radius 2 is 1.88 bits per heavy atom. The van der Waals surface area contributed by atoms with E-state index in [1.807, 2.05) is 58.0 Å². The Kier molecular flexibility index (Phi) is 4.20. The van der Waals surface area contributed by atoms with E-state index in [0.29, 0.717) is 0 Å². The second-order valence-electron chi connectivity index (χ2n) is 5.26. The van der Waals surface area contributed by atoms with Crippen molar-refractivity contribution < 1.29 is 4.79 Å². The van der Waals surface area contributed by atoms with Gasteiger partial charge in [-0.25, -0.2) is 0 Å². The summed E-state index contributed by atoms with van der Waals surface area (Å²) in [5.41, 5.74) is 1.42. The Labute approximate surface area is 111 Å². The van der Waals surface area contributed by atoms with Crippen LogP contribution < -0.4 is 10.2 Å². The first-order valence-corrected chi connectivity index (χ1v) is 6.29. The Hall–Kier alpha value is -1.03. The molecule has 0 heterocycles. The number of nitrogens with zero attached hydrogens (tertiary/aromatic N) is 1. The molecule has 1 aromatic rings. The first-order valence-electron chi connectivity index (χ1n) is 5.50. The summed E-state index contributed by atoms with van der Waals surface area (Å²) in [6, 6.07) is 5.85. The third kappa shape index (κ3) is 3.73. The largest absolute Gasteiger partial charge is 0.376 e. The van der Waals surface area contributed by atoms with E-state index in [0.717, 1.165) is 15.8 Å². The molecule has 0 radical (unpaired) electrons. The maximum atomic E-state index is 12.0. The molecule has 0 aliphatic heterocycles. The van der Waals surface area contributed by atoms with Crippen LogP contribution in [0.4, 0.5) is 11.4 Å².